The molecule has 0 radical (unpaired) electrons. The molecule has 0 unspecified atom stereocenters. The number of methoxy groups -OCH3 is 1. The van der Waals surface area contributed by atoms with Crippen molar-refractivity contribution in [1.29, 1.82) is 0 Å². The van der Waals surface area contributed by atoms with Gasteiger partial charge in [0.2, 0.25) is 0 Å². The molecule has 0 amide bonds. The van der Waals surface area contributed by atoms with Gasteiger partial charge in [0, 0.05) is 22.5 Å². The van der Waals surface area contributed by atoms with Crippen LogP contribution in [-0.2, 0) is 5.41 Å². The summed E-state index contributed by atoms with van der Waals surface area (Å²) in [5, 5.41) is 4.33. The third-order valence-electron chi connectivity index (χ3n) is 4.26. The molecule has 0 atom stereocenters. The van der Waals surface area contributed by atoms with Gasteiger partial charge in [-0.3, -0.25) is 0 Å². The van der Waals surface area contributed by atoms with Crippen LogP contribution >= 0.6 is 11.6 Å². The van der Waals surface area contributed by atoms with Crippen molar-refractivity contribution in [1.82, 2.24) is 5.32 Å². The molecule has 0 heterocycles. The van der Waals surface area contributed by atoms with Crippen LogP contribution in [0.1, 0.15) is 44.6 Å². The SMILES string of the molecule is CCNCC1(c2cc(Cl)ccc2OC)CCCCC1. The summed E-state index contributed by atoms with van der Waals surface area (Å²) in [5.74, 6) is 0.976. The van der Waals surface area contributed by atoms with Gasteiger partial charge >= 0.3 is 0 Å². The van der Waals surface area contributed by atoms with E-state index in [4.69, 9.17) is 16.3 Å². The summed E-state index contributed by atoms with van der Waals surface area (Å²) in [5.41, 5.74) is 1.47. The van der Waals surface area contributed by atoms with Crippen molar-refractivity contribution in [2.75, 3.05) is 20.2 Å². The first-order valence-electron chi connectivity index (χ1n) is 7.26. The highest BCUT2D eigenvalue weighted by atomic mass is 35.5. The Bertz CT molecular complexity index is 413. The van der Waals surface area contributed by atoms with Crippen LogP contribution in [0.25, 0.3) is 0 Å². The van der Waals surface area contributed by atoms with Crippen LogP contribution in [0.3, 0.4) is 0 Å². The Morgan fingerprint density at radius 2 is 2.00 bits per heavy atom. The lowest BCUT2D eigenvalue weighted by molar-refractivity contribution is 0.271. The summed E-state index contributed by atoms with van der Waals surface area (Å²) in [6, 6.07) is 6.01. The van der Waals surface area contributed by atoms with E-state index in [9.17, 15) is 0 Å². The molecule has 2 nitrogen and oxygen atoms in total. The van der Waals surface area contributed by atoms with Gasteiger partial charge in [-0.25, -0.2) is 0 Å². The first-order chi connectivity index (χ1) is 9.22. The largest absolute Gasteiger partial charge is 0.496 e. The van der Waals surface area contributed by atoms with Gasteiger partial charge in [-0.05, 0) is 37.6 Å². The molecule has 1 aromatic carbocycles. The number of hydrogen-bond donors (Lipinski definition) is 1. The smallest absolute Gasteiger partial charge is 0.122 e. The van der Waals surface area contributed by atoms with E-state index in [1.165, 1.54) is 37.7 Å². The molecule has 0 aromatic heterocycles. The molecular formula is C16H24ClNO. The quantitative estimate of drug-likeness (QED) is 0.875. The highest BCUT2D eigenvalue weighted by molar-refractivity contribution is 6.30. The van der Waals surface area contributed by atoms with Crippen LogP contribution in [0.5, 0.6) is 5.75 Å². The zero-order valence-electron chi connectivity index (χ0n) is 12.0. The molecule has 1 aliphatic rings. The number of benzene rings is 1. The average molecular weight is 282 g/mol. The molecule has 1 saturated carbocycles. The van der Waals surface area contributed by atoms with Gasteiger partial charge < -0.3 is 10.1 Å². The highest BCUT2D eigenvalue weighted by Gasteiger charge is 2.35. The Morgan fingerprint density at radius 1 is 1.26 bits per heavy atom. The summed E-state index contributed by atoms with van der Waals surface area (Å²) in [6.45, 7) is 4.18. The van der Waals surface area contributed by atoms with E-state index in [-0.39, 0.29) is 5.41 Å². The van der Waals surface area contributed by atoms with Crippen molar-refractivity contribution < 1.29 is 4.74 Å². The molecule has 3 heteroatoms. The topological polar surface area (TPSA) is 21.3 Å². The van der Waals surface area contributed by atoms with E-state index in [2.05, 4.69) is 18.3 Å². The lowest BCUT2D eigenvalue weighted by Crippen LogP contribution is -2.40. The Morgan fingerprint density at radius 3 is 2.63 bits per heavy atom. The average Bonchev–Trinajstić information content (AvgIpc) is 2.46. The highest BCUT2D eigenvalue weighted by Crippen LogP contribution is 2.43. The molecular weight excluding hydrogens is 258 g/mol. The van der Waals surface area contributed by atoms with Crippen LogP contribution in [0.15, 0.2) is 18.2 Å². The minimum Gasteiger partial charge on any atom is -0.496 e. The molecule has 1 aliphatic carbocycles. The van der Waals surface area contributed by atoms with Crippen molar-refractivity contribution in [3.05, 3.63) is 28.8 Å². The van der Waals surface area contributed by atoms with Crippen molar-refractivity contribution in [3.8, 4) is 5.75 Å². The molecule has 0 aliphatic heterocycles. The van der Waals surface area contributed by atoms with Gasteiger partial charge in [0.25, 0.3) is 0 Å². The fourth-order valence-electron chi connectivity index (χ4n) is 3.23. The van der Waals surface area contributed by atoms with Gasteiger partial charge in [-0.1, -0.05) is 37.8 Å². The van der Waals surface area contributed by atoms with E-state index in [1.54, 1.807) is 7.11 Å². The molecule has 0 bridgehead atoms. The zero-order valence-corrected chi connectivity index (χ0v) is 12.7. The van der Waals surface area contributed by atoms with Gasteiger partial charge in [0.15, 0.2) is 0 Å². The van der Waals surface area contributed by atoms with E-state index >= 15 is 0 Å². The minimum absolute atomic E-state index is 0.185. The maximum atomic E-state index is 6.21. The Balaban J connectivity index is 2.38. The van der Waals surface area contributed by atoms with Crippen molar-refractivity contribution in [2.45, 2.75) is 44.4 Å². The molecule has 106 valence electrons. The number of halogens is 1. The van der Waals surface area contributed by atoms with E-state index in [0.29, 0.717) is 0 Å². The summed E-state index contributed by atoms with van der Waals surface area (Å²) in [4.78, 5) is 0. The molecule has 19 heavy (non-hydrogen) atoms. The second-order valence-corrected chi connectivity index (χ2v) is 5.90. The normalized spacial score (nSPS) is 18.3. The Labute approximate surface area is 121 Å². The van der Waals surface area contributed by atoms with Crippen molar-refractivity contribution >= 4 is 11.6 Å². The molecule has 1 fully saturated rings. The van der Waals surface area contributed by atoms with Crippen LogP contribution in [-0.4, -0.2) is 20.2 Å². The fraction of sp³-hybridized carbons (Fsp3) is 0.625. The van der Waals surface area contributed by atoms with E-state index in [1.807, 2.05) is 12.1 Å². The van der Waals surface area contributed by atoms with Gasteiger partial charge in [-0.2, -0.15) is 0 Å². The van der Waals surface area contributed by atoms with Gasteiger partial charge in [-0.15, -0.1) is 0 Å². The first kappa shape index (κ1) is 14.7. The third kappa shape index (κ3) is 3.24. The molecule has 2 rings (SSSR count). The van der Waals surface area contributed by atoms with Gasteiger partial charge in [0.1, 0.15) is 5.75 Å². The van der Waals surface area contributed by atoms with E-state index < -0.39 is 0 Å². The summed E-state index contributed by atoms with van der Waals surface area (Å²) >= 11 is 6.21. The lowest BCUT2D eigenvalue weighted by Gasteiger charge is -2.39. The van der Waals surface area contributed by atoms with E-state index in [0.717, 1.165) is 23.9 Å². The van der Waals surface area contributed by atoms with Crippen LogP contribution in [0.4, 0.5) is 0 Å². The first-order valence-corrected chi connectivity index (χ1v) is 7.64. The number of rotatable bonds is 5. The molecule has 1 N–H and O–H groups in total. The van der Waals surface area contributed by atoms with Crippen LogP contribution in [0, 0.1) is 0 Å². The predicted molar refractivity (Wildman–Crippen MR) is 81.3 cm³/mol. The summed E-state index contributed by atoms with van der Waals surface area (Å²) in [6.07, 6.45) is 6.37. The monoisotopic (exact) mass is 281 g/mol. The van der Waals surface area contributed by atoms with Crippen LogP contribution < -0.4 is 10.1 Å². The maximum Gasteiger partial charge on any atom is 0.122 e. The molecule has 1 aromatic rings. The van der Waals surface area contributed by atoms with Crippen molar-refractivity contribution in [3.63, 3.8) is 0 Å². The Kier molecular flexibility index (Phi) is 5.12. The minimum atomic E-state index is 0.185. The zero-order chi connectivity index (χ0) is 13.7. The molecule has 0 saturated heterocycles. The standard InChI is InChI=1S/C16H24ClNO/c1-3-18-12-16(9-5-4-6-10-16)14-11-13(17)7-8-15(14)19-2/h7-8,11,18H,3-6,9-10,12H2,1-2H3. The summed E-state index contributed by atoms with van der Waals surface area (Å²) in [7, 11) is 1.75. The number of hydrogen-bond acceptors (Lipinski definition) is 2. The fourth-order valence-corrected chi connectivity index (χ4v) is 3.40. The van der Waals surface area contributed by atoms with Crippen molar-refractivity contribution in [2.24, 2.45) is 0 Å². The Hall–Kier alpha value is -0.730. The number of ether oxygens (including phenoxy) is 1. The third-order valence-corrected chi connectivity index (χ3v) is 4.49. The number of nitrogens with one attached hydrogen (secondary N) is 1. The lowest BCUT2D eigenvalue weighted by atomic mass is 9.69. The van der Waals surface area contributed by atoms with Gasteiger partial charge in [0.05, 0.1) is 7.11 Å². The predicted octanol–water partition coefficient (Wildman–Crippen LogP) is 4.16. The maximum absolute atomic E-state index is 6.21. The number of likely N-dealkylation sites (N-methyl/N-ethyl adjacent to an activating group) is 1. The molecule has 0 spiro atoms. The second kappa shape index (κ2) is 6.62. The summed E-state index contributed by atoms with van der Waals surface area (Å²) < 4.78 is 5.57. The second-order valence-electron chi connectivity index (χ2n) is 5.47. The van der Waals surface area contributed by atoms with Crippen LogP contribution in [0.2, 0.25) is 5.02 Å².